The first-order valence-electron chi connectivity index (χ1n) is 5.40. The van der Waals surface area contributed by atoms with E-state index in [0.717, 1.165) is 0 Å². The van der Waals surface area contributed by atoms with Crippen molar-refractivity contribution in [3.05, 3.63) is 35.2 Å². The molecule has 80 valence electrons. The molecule has 0 amide bonds. The van der Waals surface area contributed by atoms with Crippen LogP contribution in [0.2, 0.25) is 0 Å². The SMILES string of the molecule is CCC(Br)CCc1csc2ccccc12. The predicted octanol–water partition coefficient (Wildman–Crippen LogP) is 5.01. The molecule has 0 nitrogen and oxygen atoms in total. The number of benzene rings is 1. The van der Waals surface area contributed by atoms with Crippen LogP contribution in [0.25, 0.3) is 10.1 Å². The largest absolute Gasteiger partial charge is 0.144 e. The van der Waals surface area contributed by atoms with Crippen LogP contribution in [-0.2, 0) is 6.42 Å². The fourth-order valence-electron chi connectivity index (χ4n) is 1.74. The van der Waals surface area contributed by atoms with E-state index in [1.54, 1.807) is 0 Å². The normalized spacial score (nSPS) is 13.2. The minimum atomic E-state index is 0.663. The van der Waals surface area contributed by atoms with Gasteiger partial charge in [0.1, 0.15) is 0 Å². The van der Waals surface area contributed by atoms with Crippen molar-refractivity contribution in [3.63, 3.8) is 0 Å². The van der Waals surface area contributed by atoms with Crippen LogP contribution in [0.4, 0.5) is 0 Å². The van der Waals surface area contributed by atoms with Crippen molar-refractivity contribution in [2.24, 2.45) is 0 Å². The summed E-state index contributed by atoms with van der Waals surface area (Å²) in [5.74, 6) is 0. The lowest BCUT2D eigenvalue weighted by atomic mass is 10.1. The molecule has 0 radical (unpaired) electrons. The van der Waals surface area contributed by atoms with E-state index in [1.807, 2.05) is 11.3 Å². The van der Waals surface area contributed by atoms with Gasteiger partial charge in [0, 0.05) is 9.53 Å². The molecule has 0 fully saturated rings. The number of fused-ring (bicyclic) bond motifs is 1. The van der Waals surface area contributed by atoms with Gasteiger partial charge < -0.3 is 0 Å². The zero-order valence-electron chi connectivity index (χ0n) is 8.87. The first kappa shape index (κ1) is 11.2. The van der Waals surface area contributed by atoms with Gasteiger partial charge in [0.2, 0.25) is 0 Å². The summed E-state index contributed by atoms with van der Waals surface area (Å²) in [6.45, 7) is 2.23. The average Bonchev–Trinajstić information content (AvgIpc) is 2.69. The Kier molecular flexibility index (Phi) is 3.81. The van der Waals surface area contributed by atoms with Crippen LogP contribution in [-0.4, -0.2) is 4.83 Å². The van der Waals surface area contributed by atoms with Crippen LogP contribution in [0.1, 0.15) is 25.3 Å². The third-order valence-electron chi connectivity index (χ3n) is 2.73. The van der Waals surface area contributed by atoms with Gasteiger partial charge in [-0.1, -0.05) is 41.1 Å². The van der Waals surface area contributed by atoms with Crippen molar-refractivity contribution >= 4 is 37.4 Å². The van der Waals surface area contributed by atoms with Gasteiger partial charge in [-0.15, -0.1) is 11.3 Å². The first-order chi connectivity index (χ1) is 7.31. The molecule has 1 unspecified atom stereocenters. The van der Waals surface area contributed by atoms with Crippen molar-refractivity contribution in [2.75, 3.05) is 0 Å². The maximum atomic E-state index is 3.69. The summed E-state index contributed by atoms with van der Waals surface area (Å²) in [6, 6.07) is 8.68. The highest BCUT2D eigenvalue weighted by Crippen LogP contribution is 2.27. The topological polar surface area (TPSA) is 0 Å². The van der Waals surface area contributed by atoms with E-state index in [0.29, 0.717) is 4.83 Å². The average molecular weight is 283 g/mol. The summed E-state index contributed by atoms with van der Waals surface area (Å²) in [5.41, 5.74) is 1.51. The second-order valence-electron chi connectivity index (χ2n) is 3.80. The van der Waals surface area contributed by atoms with Gasteiger partial charge in [0.25, 0.3) is 0 Å². The Morgan fingerprint density at radius 2 is 2.13 bits per heavy atom. The molecule has 0 saturated heterocycles. The number of alkyl halides is 1. The molecule has 0 bridgehead atoms. The van der Waals surface area contributed by atoms with Gasteiger partial charge >= 0.3 is 0 Å². The van der Waals surface area contributed by atoms with Crippen molar-refractivity contribution in [1.82, 2.24) is 0 Å². The standard InChI is InChI=1S/C13H15BrS/c1-2-11(14)8-7-10-9-15-13-6-4-3-5-12(10)13/h3-6,9,11H,2,7-8H2,1H3. The summed E-state index contributed by atoms with van der Waals surface area (Å²) in [5, 5.41) is 3.75. The maximum Gasteiger partial charge on any atom is 0.0345 e. The van der Waals surface area contributed by atoms with Crippen molar-refractivity contribution in [3.8, 4) is 0 Å². The van der Waals surface area contributed by atoms with E-state index in [-0.39, 0.29) is 0 Å². The van der Waals surface area contributed by atoms with Crippen LogP contribution in [0.15, 0.2) is 29.6 Å². The van der Waals surface area contributed by atoms with Crippen molar-refractivity contribution < 1.29 is 0 Å². The summed E-state index contributed by atoms with van der Waals surface area (Å²) in [6.07, 6.45) is 3.63. The zero-order valence-corrected chi connectivity index (χ0v) is 11.3. The molecule has 1 aromatic carbocycles. The molecule has 0 N–H and O–H groups in total. The number of halogens is 1. The number of hydrogen-bond acceptors (Lipinski definition) is 1. The Morgan fingerprint density at radius 3 is 2.93 bits per heavy atom. The summed E-state index contributed by atoms with van der Waals surface area (Å²) in [4.78, 5) is 0.663. The first-order valence-corrected chi connectivity index (χ1v) is 7.20. The van der Waals surface area contributed by atoms with Gasteiger partial charge in [0.15, 0.2) is 0 Å². The highest BCUT2D eigenvalue weighted by atomic mass is 79.9. The van der Waals surface area contributed by atoms with E-state index < -0.39 is 0 Å². The quantitative estimate of drug-likeness (QED) is 0.692. The lowest BCUT2D eigenvalue weighted by Gasteiger charge is -2.05. The molecule has 0 aliphatic rings. The molecule has 15 heavy (non-hydrogen) atoms. The molecule has 0 saturated carbocycles. The van der Waals surface area contributed by atoms with Gasteiger partial charge in [0.05, 0.1) is 0 Å². The van der Waals surface area contributed by atoms with Crippen LogP contribution >= 0.6 is 27.3 Å². The maximum absolute atomic E-state index is 3.69. The summed E-state index contributed by atoms with van der Waals surface area (Å²) < 4.78 is 1.41. The summed E-state index contributed by atoms with van der Waals surface area (Å²) in [7, 11) is 0. The molecule has 2 rings (SSSR count). The molecule has 2 aromatic rings. The third kappa shape index (κ3) is 2.61. The highest BCUT2D eigenvalue weighted by Gasteiger charge is 2.06. The number of aryl methyl sites for hydroxylation is 1. The fourth-order valence-corrected chi connectivity index (χ4v) is 2.97. The molecular formula is C13H15BrS. The lowest BCUT2D eigenvalue weighted by molar-refractivity contribution is 0.750. The third-order valence-corrected chi connectivity index (χ3v) is 4.85. The predicted molar refractivity (Wildman–Crippen MR) is 73.2 cm³/mol. The van der Waals surface area contributed by atoms with Gasteiger partial charge in [-0.05, 0) is 41.7 Å². The molecule has 0 spiro atoms. The fraction of sp³-hybridized carbons (Fsp3) is 0.385. The van der Waals surface area contributed by atoms with E-state index in [2.05, 4.69) is 52.5 Å². The monoisotopic (exact) mass is 282 g/mol. The Balaban J connectivity index is 2.14. The Labute approximate surface area is 103 Å². The van der Waals surface area contributed by atoms with Crippen LogP contribution in [0.3, 0.4) is 0 Å². The zero-order chi connectivity index (χ0) is 10.7. The Hall–Kier alpha value is -0.340. The van der Waals surface area contributed by atoms with Crippen LogP contribution in [0, 0.1) is 0 Å². The second-order valence-corrected chi connectivity index (χ2v) is 6.01. The lowest BCUT2D eigenvalue weighted by Crippen LogP contribution is -1.97. The second kappa shape index (κ2) is 5.13. The molecule has 1 atom stereocenters. The molecule has 0 aliphatic heterocycles. The van der Waals surface area contributed by atoms with E-state index in [9.17, 15) is 0 Å². The molecule has 0 aliphatic carbocycles. The molecule has 2 heteroatoms. The van der Waals surface area contributed by atoms with Crippen LogP contribution < -0.4 is 0 Å². The Bertz CT molecular complexity index is 433. The van der Waals surface area contributed by atoms with Gasteiger partial charge in [-0.2, -0.15) is 0 Å². The molecular weight excluding hydrogens is 268 g/mol. The van der Waals surface area contributed by atoms with Crippen LogP contribution in [0.5, 0.6) is 0 Å². The minimum absolute atomic E-state index is 0.663. The van der Waals surface area contributed by atoms with Gasteiger partial charge in [-0.25, -0.2) is 0 Å². The van der Waals surface area contributed by atoms with E-state index >= 15 is 0 Å². The summed E-state index contributed by atoms with van der Waals surface area (Å²) >= 11 is 5.55. The smallest absolute Gasteiger partial charge is 0.0345 e. The van der Waals surface area contributed by atoms with E-state index in [4.69, 9.17) is 0 Å². The molecule has 1 aromatic heterocycles. The highest BCUT2D eigenvalue weighted by molar-refractivity contribution is 9.09. The van der Waals surface area contributed by atoms with E-state index in [1.165, 1.54) is 34.9 Å². The number of rotatable bonds is 4. The van der Waals surface area contributed by atoms with Crippen molar-refractivity contribution in [2.45, 2.75) is 31.0 Å². The number of hydrogen-bond donors (Lipinski definition) is 0. The Morgan fingerprint density at radius 1 is 1.33 bits per heavy atom. The van der Waals surface area contributed by atoms with Crippen molar-refractivity contribution in [1.29, 1.82) is 0 Å². The minimum Gasteiger partial charge on any atom is -0.144 e. The van der Waals surface area contributed by atoms with Gasteiger partial charge in [-0.3, -0.25) is 0 Å². The number of thiophene rings is 1. The molecule has 1 heterocycles.